The summed E-state index contributed by atoms with van der Waals surface area (Å²) in [6.45, 7) is 4.59. The molecule has 1 aromatic carbocycles. The number of carbonyl (C=O) groups is 1. The van der Waals surface area contributed by atoms with E-state index in [1.54, 1.807) is 7.11 Å². The second kappa shape index (κ2) is 11.0. The van der Waals surface area contributed by atoms with Gasteiger partial charge in [0, 0.05) is 13.1 Å². The van der Waals surface area contributed by atoms with Crippen LogP contribution in [0.5, 0.6) is 11.5 Å². The van der Waals surface area contributed by atoms with Crippen molar-refractivity contribution in [2.75, 3.05) is 40.4 Å². The molecule has 0 saturated carbocycles. The third kappa shape index (κ3) is 6.25. The lowest BCUT2D eigenvalue weighted by atomic mass is 9.98. The Labute approximate surface area is 156 Å². The summed E-state index contributed by atoms with van der Waals surface area (Å²) in [7, 11) is 3.56. The van der Waals surface area contributed by atoms with E-state index in [-0.39, 0.29) is 24.9 Å². The SMILES string of the molecule is C/C=C/c1ccc(OCC(=O)N2CCCC(CNC)C2)c(OC)c1.Cl. The van der Waals surface area contributed by atoms with Crippen LogP contribution in [0.25, 0.3) is 6.08 Å². The molecule has 1 atom stereocenters. The molecule has 1 saturated heterocycles. The van der Waals surface area contributed by atoms with Gasteiger partial charge in [-0.05, 0) is 57.0 Å². The summed E-state index contributed by atoms with van der Waals surface area (Å²) in [6.07, 6.45) is 6.19. The Bertz CT molecular complexity index is 576. The van der Waals surface area contributed by atoms with Crippen LogP contribution in [0.2, 0.25) is 0 Å². The van der Waals surface area contributed by atoms with Gasteiger partial charge in [0.1, 0.15) is 0 Å². The van der Waals surface area contributed by atoms with E-state index in [9.17, 15) is 4.79 Å². The zero-order valence-corrected chi connectivity index (χ0v) is 16.1. The van der Waals surface area contributed by atoms with Gasteiger partial charge < -0.3 is 19.7 Å². The average molecular weight is 369 g/mol. The number of hydrogen-bond acceptors (Lipinski definition) is 4. The van der Waals surface area contributed by atoms with Gasteiger partial charge in [0.25, 0.3) is 5.91 Å². The molecule has 1 aliphatic heterocycles. The van der Waals surface area contributed by atoms with E-state index < -0.39 is 0 Å². The van der Waals surface area contributed by atoms with Crippen LogP contribution in [0.15, 0.2) is 24.3 Å². The number of allylic oxidation sites excluding steroid dienone is 1. The topological polar surface area (TPSA) is 50.8 Å². The molecule has 2 rings (SSSR count). The molecule has 0 aromatic heterocycles. The molecule has 140 valence electrons. The molecule has 1 fully saturated rings. The van der Waals surface area contributed by atoms with Gasteiger partial charge in [0.05, 0.1) is 7.11 Å². The Balaban J connectivity index is 0.00000312. The van der Waals surface area contributed by atoms with E-state index in [0.717, 1.165) is 31.6 Å². The van der Waals surface area contributed by atoms with Crippen molar-refractivity contribution in [1.82, 2.24) is 10.2 Å². The van der Waals surface area contributed by atoms with E-state index in [4.69, 9.17) is 9.47 Å². The maximum absolute atomic E-state index is 12.4. The van der Waals surface area contributed by atoms with Gasteiger partial charge in [-0.15, -0.1) is 12.4 Å². The lowest BCUT2D eigenvalue weighted by Gasteiger charge is -2.32. The number of methoxy groups -OCH3 is 1. The van der Waals surface area contributed by atoms with Gasteiger partial charge in [-0.1, -0.05) is 18.2 Å². The van der Waals surface area contributed by atoms with Crippen LogP contribution in [0, 0.1) is 5.92 Å². The number of halogens is 1. The highest BCUT2D eigenvalue weighted by atomic mass is 35.5. The standard InChI is InChI=1S/C19H28N2O3.ClH/c1-4-6-15-8-9-17(18(11-15)23-3)24-14-19(22)21-10-5-7-16(13-21)12-20-2;/h4,6,8-9,11,16,20H,5,7,10,12-14H2,1-3H3;1H/b6-4+;. The first kappa shape index (κ1) is 21.3. The highest BCUT2D eigenvalue weighted by Gasteiger charge is 2.23. The Morgan fingerprint density at radius 3 is 2.88 bits per heavy atom. The molecule has 1 amide bonds. The minimum atomic E-state index is 0. The molecule has 0 radical (unpaired) electrons. The fourth-order valence-electron chi connectivity index (χ4n) is 3.08. The fourth-order valence-corrected chi connectivity index (χ4v) is 3.08. The lowest BCUT2D eigenvalue weighted by molar-refractivity contribution is -0.135. The van der Waals surface area contributed by atoms with Gasteiger partial charge in [-0.3, -0.25) is 4.79 Å². The van der Waals surface area contributed by atoms with Gasteiger partial charge in [0.2, 0.25) is 0 Å². The Morgan fingerprint density at radius 2 is 2.20 bits per heavy atom. The highest BCUT2D eigenvalue weighted by Crippen LogP contribution is 2.28. The van der Waals surface area contributed by atoms with Crippen molar-refractivity contribution in [3.8, 4) is 11.5 Å². The molecule has 0 bridgehead atoms. The maximum atomic E-state index is 12.4. The number of carbonyl (C=O) groups excluding carboxylic acids is 1. The molecule has 6 heteroatoms. The average Bonchev–Trinajstić information content (AvgIpc) is 2.61. The Hall–Kier alpha value is -1.72. The van der Waals surface area contributed by atoms with E-state index in [1.165, 1.54) is 6.42 Å². The number of hydrogen-bond donors (Lipinski definition) is 1. The van der Waals surface area contributed by atoms with Crippen LogP contribution in [-0.4, -0.2) is 51.2 Å². The summed E-state index contributed by atoms with van der Waals surface area (Å²) in [4.78, 5) is 14.3. The number of benzene rings is 1. The van der Waals surface area contributed by atoms with Gasteiger partial charge in [-0.2, -0.15) is 0 Å². The summed E-state index contributed by atoms with van der Waals surface area (Å²) < 4.78 is 11.1. The van der Waals surface area contributed by atoms with E-state index in [1.807, 2.05) is 49.2 Å². The second-order valence-electron chi connectivity index (χ2n) is 6.10. The van der Waals surface area contributed by atoms with Crippen LogP contribution >= 0.6 is 12.4 Å². The number of amides is 1. The number of nitrogens with one attached hydrogen (secondary N) is 1. The zero-order chi connectivity index (χ0) is 17.4. The highest BCUT2D eigenvalue weighted by molar-refractivity contribution is 5.85. The van der Waals surface area contributed by atoms with Crippen LogP contribution < -0.4 is 14.8 Å². The monoisotopic (exact) mass is 368 g/mol. The minimum Gasteiger partial charge on any atom is -0.493 e. The fraction of sp³-hybridized carbons (Fsp3) is 0.526. The number of nitrogens with zero attached hydrogens (tertiary/aromatic N) is 1. The van der Waals surface area contributed by atoms with Crippen molar-refractivity contribution >= 4 is 24.4 Å². The molecule has 1 N–H and O–H groups in total. The van der Waals surface area contributed by atoms with Crippen LogP contribution in [0.4, 0.5) is 0 Å². The smallest absolute Gasteiger partial charge is 0.260 e. The second-order valence-corrected chi connectivity index (χ2v) is 6.10. The first-order chi connectivity index (χ1) is 11.7. The molecule has 1 unspecified atom stereocenters. The predicted octanol–water partition coefficient (Wildman–Crippen LogP) is 2.99. The molecule has 0 aliphatic carbocycles. The summed E-state index contributed by atoms with van der Waals surface area (Å²) >= 11 is 0. The van der Waals surface area contributed by atoms with Gasteiger partial charge in [-0.25, -0.2) is 0 Å². The number of likely N-dealkylation sites (tertiary alicyclic amines) is 1. The van der Waals surface area contributed by atoms with Crippen molar-refractivity contribution < 1.29 is 14.3 Å². The molecule has 25 heavy (non-hydrogen) atoms. The molecule has 1 heterocycles. The minimum absolute atomic E-state index is 0. The van der Waals surface area contributed by atoms with E-state index >= 15 is 0 Å². The molecule has 5 nitrogen and oxygen atoms in total. The van der Waals surface area contributed by atoms with Gasteiger partial charge >= 0.3 is 0 Å². The van der Waals surface area contributed by atoms with Crippen LogP contribution in [0.3, 0.4) is 0 Å². The number of rotatable bonds is 7. The van der Waals surface area contributed by atoms with Crippen LogP contribution in [0.1, 0.15) is 25.3 Å². The van der Waals surface area contributed by atoms with Crippen LogP contribution in [-0.2, 0) is 4.79 Å². The molecular formula is C19H29ClN2O3. The van der Waals surface area contributed by atoms with E-state index in [0.29, 0.717) is 17.4 Å². The zero-order valence-electron chi connectivity index (χ0n) is 15.3. The Kier molecular flexibility index (Phi) is 9.39. The first-order valence-electron chi connectivity index (χ1n) is 8.53. The van der Waals surface area contributed by atoms with Crippen molar-refractivity contribution in [3.05, 3.63) is 29.8 Å². The third-order valence-corrected chi connectivity index (χ3v) is 4.26. The lowest BCUT2D eigenvalue weighted by Crippen LogP contribution is -2.44. The molecular weight excluding hydrogens is 340 g/mol. The summed E-state index contributed by atoms with van der Waals surface area (Å²) in [5.74, 6) is 1.81. The summed E-state index contributed by atoms with van der Waals surface area (Å²) in [5, 5.41) is 3.19. The van der Waals surface area contributed by atoms with Crippen molar-refractivity contribution in [3.63, 3.8) is 0 Å². The van der Waals surface area contributed by atoms with Crippen molar-refractivity contribution in [2.24, 2.45) is 5.92 Å². The largest absolute Gasteiger partial charge is 0.493 e. The van der Waals surface area contributed by atoms with Crippen molar-refractivity contribution in [1.29, 1.82) is 0 Å². The third-order valence-electron chi connectivity index (χ3n) is 4.26. The quantitative estimate of drug-likeness (QED) is 0.803. The summed E-state index contributed by atoms with van der Waals surface area (Å²) in [5.41, 5.74) is 1.04. The predicted molar refractivity (Wildman–Crippen MR) is 104 cm³/mol. The number of piperidine rings is 1. The molecule has 1 aromatic rings. The Morgan fingerprint density at radius 1 is 1.40 bits per heavy atom. The molecule has 0 spiro atoms. The van der Waals surface area contributed by atoms with E-state index in [2.05, 4.69) is 5.32 Å². The normalized spacial score (nSPS) is 17.2. The first-order valence-corrected chi connectivity index (χ1v) is 8.53. The van der Waals surface area contributed by atoms with Gasteiger partial charge in [0.15, 0.2) is 18.1 Å². The molecule has 1 aliphatic rings. The maximum Gasteiger partial charge on any atom is 0.260 e. The summed E-state index contributed by atoms with van der Waals surface area (Å²) in [6, 6.07) is 5.71. The number of ether oxygens (including phenoxy) is 2. The van der Waals surface area contributed by atoms with Crippen molar-refractivity contribution in [2.45, 2.75) is 19.8 Å².